The standard InChI is InChI=1S/C21H29N3O4S/c1-5-24(6-2)29(26,27)20-12-10-18(11-13-20)16(3)23-21(25)22-15-17-8-7-9-19(14-17)28-4/h7-14,16H,5-6,15H2,1-4H3,(H2,22,23,25). The average Bonchev–Trinajstić information content (AvgIpc) is 2.73. The lowest BCUT2D eigenvalue weighted by Gasteiger charge is -2.19. The topological polar surface area (TPSA) is 87.7 Å². The molecule has 0 spiro atoms. The number of sulfonamides is 1. The van der Waals surface area contributed by atoms with Crippen molar-refractivity contribution in [2.24, 2.45) is 0 Å². The largest absolute Gasteiger partial charge is 0.497 e. The Morgan fingerprint density at radius 2 is 1.76 bits per heavy atom. The Kier molecular flexibility index (Phi) is 8.04. The summed E-state index contributed by atoms with van der Waals surface area (Å²) in [4.78, 5) is 12.4. The molecule has 1 atom stereocenters. The van der Waals surface area contributed by atoms with Crippen molar-refractivity contribution >= 4 is 16.1 Å². The summed E-state index contributed by atoms with van der Waals surface area (Å²) in [5.41, 5.74) is 1.75. The van der Waals surface area contributed by atoms with Gasteiger partial charge in [0.25, 0.3) is 0 Å². The third kappa shape index (κ3) is 5.95. The second kappa shape index (κ2) is 10.3. The molecule has 0 radical (unpaired) electrons. The number of methoxy groups -OCH3 is 1. The highest BCUT2D eigenvalue weighted by molar-refractivity contribution is 7.89. The third-order valence-corrected chi connectivity index (χ3v) is 6.72. The van der Waals surface area contributed by atoms with Gasteiger partial charge in [-0.05, 0) is 42.3 Å². The van der Waals surface area contributed by atoms with Crippen LogP contribution in [0.2, 0.25) is 0 Å². The molecule has 0 aromatic heterocycles. The van der Waals surface area contributed by atoms with Crippen LogP contribution >= 0.6 is 0 Å². The first-order valence-corrected chi connectivity index (χ1v) is 11.0. The Labute approximate surface area is 173 Å². The number of hydrogen-bond acceptors (Lipinski definition) is 4. The number of urea groups is 1. The fraction of sp³-hybridized carbons (Fsp3) is 0.381. The first-order chi connectivity index (χ1) is 13.8. The summed E-state index contributed by atoms with van der Waals surface area (Å²) in [6.07, 6.45) is 0. The summed E-state index contributed by atoms with van der Waals surface area (Å²) < 4.78 is 31.7. The molecule has 0 heterocycles. The van der Waals surface area contributed by atoms with E-state index in [1.54, 1.807) is 31.4 Å². The molecule has 158 valence electrons. The van der Waals surface area contributed by atoms with Gasteiger partial charge in [0.1, 0.15) is 5.75 Å². The fourth-order valence-corrected chi connectivity index (χ4v) is 4.39. The number of amides is 2. The monoisotopic (exact) mass is 419 g/mol. The molecule has 1 unspecified atom stereocenters. The van der Waals surface area contributed by atoms with Crippen LogP contribution in [-0.4, -0.2) is 39.0 Å². The van der Waals surface area contributed by atoms with Crippen molar-refractivity contribution < 1.29 is 17.9 Å². The minimum Gasteiger partial charge on any atom is -0.497 e. The van der Waals surface area contributed by atoms with Crippen LogP contribution in [0.4, 0.5) is 4.79 Å². The van der Waals surface area contributed by atoms with Crippen LogP contribution in [0.5, 0.6) is 5.75 Å². The Hall–Kier alpha value is -2.58. The lowest BCUT2D eigenvalue weighted by Crippen LogP contribution is -2.36. The number of nitrogens with one attached hydrogen (secondary N) is 2. The summed E-state index contributed by atoms with van der Waals surface area (Å²) in [5, 5.41) is 5.67. The van der Waals surface area contributed by atoms with Gasteiger partial charge in [0.15, 0.2) is 0 Å². The van der Waals surface area contributed by atoms with Crippen LogP contribution in [-0.2, 0) is 16.6 Å². The molecule has 2 aromatic carbocycles. The second-order valence-corrected chi connectivity index (χ2v) is 8.50. The van der Waals surface area contributed by atoms with Crippen molar-refractivity contribution in [3.8, 4) is 5.75 Å². The third-order valence-electron chi connectivity index (χ3n) is 4.66. The fourth-order valence-electron chi connectivity index (χ4n) is 2.94. The number of carbonyl (C=O) groups is 1. The van der Waals surface area contributed by atoms with E-state index in [1.165, 1.54) is 4.31 Å². The molecule has 2 rings (SSSR count). The lowest BCUT2D eigenvalue weighted by atomic mass is 10.1. The van der Waals surface area contributed by atoms with Crippen molar-refractivity contribution in [2.45, 2.75) is 38.3 Å². The van der Waals surface area contributed by atoms with E-state index in [-0.39, 0.29) is 17.0 Å². The van der Waals surface area contributed by atoms with Gasteiger partial charge in [-0.3, -0.25) is 0 Å². The zero-order valence-electron chi connectivity index (χ0n) is 17.3. The molecule has 7 nitrogen and oxygen atoms in total. The van der Waals surface area contributed by atoms with Gasteiger partial charge in [0, 0.05) is 19.6 Å². The van der Waals surface area contributed by atoms with Gasteiger partial charge >= 0.3 is 6.03 Å². The quantitative estimate of drug-likeness (QED) is 0.653. The van der Waals surface area contributed by atoms with E-state index >= 15 is 0 Å². The van der Waals surface area contributed by atoms with Gasteiger partial charge in [0.2, 0.25) is 10.0 Å². The SMILES string of the molecule is CCN(CC)S(=O)(=O)c1ccc(C(C)NC(=O)NCc2cccc(OC)c2)cc1. The number of ether oxygens (including phenoxy) is 1. The van der Waals surface area contributed by atoms with Gasteiger partial charge in [-0.2, -0.15) is 4.31 Å². The normalized spacial score (nSPS) is 12.4. The lowest BCUT2D eigenvalue weighted by molar-refractivity contribution is 0.237. The van der Waals surface area contributed by atoms with E-state index in [9.17, 15) is 13.2 Å². The first-order valence-electron chi connectivity index (χ1n) is 9.59. The summed E-state index contributed by atoms with van der Waals surface area (Å²) >= 11 is 0. The zero-order valence-corrected chi connectivity index (χ0v) is 18.1. The Balaban J connectivity index is 1.96. The Morgan fingerprint density at radius 3 is 2.34 bits per heavy atom. The maximum atomic E-state index is 12.6. The molecular weight excluding hydrogens is 390 g/mol. The van der Waals surface area contributed by atoms with Crippen LogP contribution < -0.4 is 15.4 Å². The summed E-state index contributed by atoms with van der Waals surface area (Å²) in [6, 6.07) is 13.5. The van der Waals surface area contributed by atoms with Crippen LogP contribution in [0.1, 0.15) is 37.9 Å². The van der Waals surface area contributed by atoms with E-state index in [4.69, 9.17) is 4.74 Å². The maximum Gasteiger partial charge on any atom is 0.315 e. The van der Waals surface area contributed by atoms with E-state index < -0.39 is 10.0 Å². The molecule has 2 N–H and O–H groups in total. The van der Waals surface area contributed by atoms with Gasteiger partial charge < -0.3 is 15.4 Å². The van der Waals surface area contributed by atoms with Crippen molar-refractivity contribution in [2.75, 3.05) is 20.2 Å². The van der Waals surface area contributed by atoms with Crippen LogP contribution in [0.3, 0.4) is 0 Å². The highest BCUT2D eigenvalue weighted by Gasteiger charge is 2.21. The van der Waals surface area contributed by atoms with Crippen LogP contribution in [0, 0.1) is 0 Å². The first kappa shape index (κ1) is 22.7. The van der Waals surface area contributed by atoms with Crippen molar-refractivity contribution in [1.82, 2.24) is 14.9 Å². The predicted molar refractivity (Wildman–Crippen MR) is 113 cm³/mol. The molecule has 0 saturated heterocycles. The highest BCUT2D eigenvalue weighted by atomic mass is 32.2. The average molecular weight is 420 g/mol. The van der Waals surface area contributed by atoms with Gasteiger partial charge in [-0.1, -0.05) is 38.1 Å². The molecular formula is C21H29N3O4S. The molecule has 0 fully saturated rings. The number of carbonyl (C=O) groups excluding carboxylic acids is 1. The molecule has 8 heteroatoms. The number of rotatable bonds is 9. The molecule has 0 aliphatic heterocycles. The van der Waals surface area contributed by atoms with Crippen molar-refractivity contribution in [3.05, 3.63) is 59.7 Å². The number of benzene rings is 2. The van der Waals surface area contributed by atoms with E-state index in [1.807, 2.05) is 45.0 Å². The molecule has 2 amide bonds. The molecule has 0 aliphatic carbocycles. The van der Waals surface area contributed by atoms with Crippen LogP contribution in [0.15, 0.2) is 53.4 Å². The van der Waals surface area contributed by atoms with E-state index in [2.05, 4.69) is 10.6 Å². The molecule has 2 aromatic rings. The molecule has 29 heavy (non-hydrogen) atoms. The summed E-state index contributed by atoms with van der Waals surface area (Å²) in [6.45, 7) is 6.69. The van der Waals surface area contributed by atoms with E-state index in [0.717, 1.165) is 16.9 Å². The number of nitrogens with zero attached hydrogens (tertiary/aromatic N) is 1. The zero-order chi connectivity index (χ0) is 21.4. The summed E-state index contributed by atoms with van der Waals surface area (Å²) in [5.74, 6) is 0.734. The second-order valence-electron chi connectivity index (χ2n) is 6.56. The minimum atomic E-state index is -3.49. The predicted octanol–water partition coefficient (Wildman–Crippen LogP) is 3.29. The molecule has 0 bridgehead atoms. The molecule has 0 aliphatic rings. The van der Waals surface area contributed by atoms with Gasteiger partial charge in [-0.15, -0.1) is 0 Å². The Bertz CT molecular complexity index is 910. The highest BCUT2D eigenvalue weighted by Crippen LogP contribution is 2.19. The molecule has 0 saturated carbocycles. The van der Waals surface area contributed by atoms with Crippen LogP contribution in [0.25, 0.3) is 0 Å². The van der Waals surface area contributed by atoms with Gasteiger partial charge in [-0.25, -0.2) is 13.2 Å². The van der Waals surface area contributed by atoms with Crippen molar-refractivity contribution in [3.63, 3.8) is 0 Å². The number of hydrogen-bond donors (Lipinski definition) is 2. The Morgan fingerprint density at radius 1 is 1.10 bits per heavy atom. The van der Waals surface area contributed by atoms with E-state index in [0.29, 0.717) is 19.6 Å². The maximum absolute atomic E-state index is 12.6. The smallest absolute Gasteiger partial charge is 0.315 e. The van der Waals surface area contributed by atoms with Gasteiger partial charge in [0.05, 0.1) is 18.0 Å². The minimum absolute atomic E-state index is 0.250. The summed E-state index contributed by atoms with van der Waals surface area (Å²) in [7, 11) is -1.89. The van der Waals surface area contributed by atoms with Crippen molar-refractivity contribution in [1.29, 1.82) is 0 Å².